The van der Waals surface area contributed by atoms with Gasteiger partial charge in [-0.05, 0) is 53.9 Å². The molecule has 5 rings (SSSR count). The van der Waals surface area contributed by atoms with Crippen molar-refractivity contribution in [3.05, 3.63) is 101 Å². The number of aromatic nitrogens is 2. The normalized spacial score (nSPS) is 14.8. The molecule has 1 N–H and O–H groups in total. The van der Waals surface area contributed by atoms with Crippen LogP contribution in [0.1, 0.15) is 22.9 Å². The van der Waals surface area contributed by atoms with Crippen molar-refractivity contribution < 1.29 is 31.9 Å². The Morgan fingerprint density at radius 3 is 2.63 bits per heavy atom. The van der Waals surface area contributed by atoms with Crippen molar-refractivity contribution in [2.45, 2.75) is 18.6 Å². The largest absolute Gasteiger partial charge is 0.491 e. The first-order chi connectivity index (χ1) is 20.5. The molecule has 1 aliphatic rings. The van der Waals surface area contributed by atoms with Crippen molar-refractivity contribution in [2.75, 3.05) is 24.5 Å². The molecule has 220 valence electrons. The molecule has 1 amide bonds. The molecule has 0 saturated carbocycles. The van der Waals surface area contributed by atoms with E-state index >= 15 is 0 Å². The maximum atomic E-state index is 14.3. The van der Waals surface area contributed by atoms with E-state index in [4.69, 9.17) is 16.9 Å². The number of nitrogens with zero attached hydrogens (tertiary/aromatic N) is 4. The summed E-state index contributed by atoms with van der Waals surface area (Å²) < 4.78 is 57.0. The van der Waals surface area contributed by atoms with Crippen LogP contribution in [-0.2, 0) is 16.0 Å². The number of ether oxygens (including phenoxy) is 1. The van der Waals surface area contributed by atoms with E-state index in [2.05, 4.69) is 14.7 Å². The second kappa shape index (κ2) is 12.2. The van der Waals surface area contributed by atoms with Gasteiger partial charge in [0.2, 0.25) is 5.91 Å². The summed E-state index contributed by atoms with van der Waals surface area (Å²) in [5, 5.41) is 9.40. The molecular formula is C30H22ClF4N5O3. The highest BCUT2D eigenvalue weighted by atomic mass is 35.5. The summed E-state index contributed by atoms with van der Waals surface area (Å²) in [6.07, 6.45) is -1.67. The van der Waals surface area contributed by atoms with Gasteiger partial charge in [-0.2, -0.15) is 18.4 Å². The molecule has 1 atom stereocenters. The third-order valence-electron chi connectivity index (χ3n) is 6.99. The molecule has 3 aromatic carbocycles. The summed E-state index contributed by atoms with van der Waals surface area (Å²) in [4.78, 5) is 35.6. The lowest BCUT2D eigenvalue weighted by molar-refractivity contribution is -0.189. The number of esters is 1. The molecule has 0 radical (unpaired) electrons. The monoisotopic (exact) mass is 611 g/mol. The van der Waals surface area contributed by atoms with Crippen LogP contribution < -0.4 is 9.64 Å². The van der Waals surface area contributed by atoms with E-state index in [1.165, 1.54) is 41.6 Å². The molecule has 1 saturated heterocycles. The van der Waals surface area contributed by atoms with E-state index < -0.39 is 18.0 Å². The Morgan fingerprint density at radius 2 is 1.95 bits per heavy atom. The van der Waals surface area contributed by atoms with Crippen LogP contribution >= 0.6 is 11.6 Å². The average molecular weight is 612 g/mol. The number of anilines is 1. The number of nitrogens with one attached hydrogen (secondary N) is 1. The minimum Gasteiger partial charge on any atom is -0.420 e. The lowest BCUT2D eigenvalue weighted by atomic mass is 9.99. The van der Waals surface area contributed by atoms with Gasteiger partial charge in [0.1, 0.15) is 17.6 Å². The second-order valence-electron chi connectivity index (χ2n) is 9.75. The quantitative estimate of drug-likeness (QED) is 0.160. The van der Waals surface area contributed by atoms with Crippen molar-refractivity contribution in [1.29, 1.82) is 5.26 Å². The number of nitriles is 1. The molecule has 1 fully saturated rings. The van der Waals surface area contributed by atoms with Crippen LogP contribution in [0, 0.1) is 17.1 Å². The van der Waals surface area contributed by atoms with Crippen LogP contribution in [0.4, 0.5) is 23.2 Å². The number of benzene rings is 3. The lowest BCUT2D eigenvalue weighted by Crippen LogP contribution is -2.52. The summed E-state index contributed by atoms with van der Waals surface area (Å²) >= 11 is 6.29. The third-order valence-corrected chi connectivity index (χ3v) is 7.23. The van der Waals surface area contributed by atoms with Crippen LogP contribution in [0.5, 0.6) is 5.75 Å². The van der Waals surface area contributed by atoms with Gasteiger partial charge in [0, 0.05) is 29.9 Å². The van der Waals surface area contributed by atoms with Gasteiger partial charge in [0.15, 0.2) is 0 Å². The molecule has 0 aliphatic carbocycles. The van der Waals surface area contributed by atoms with E-state index in [-0.39, 0.29) is 36.4 Å². The molecule has 43 heavy (non-hydrogen) atoms. The Bertz CT molecular complexity index is 1700. The van der Waals surface area contributed by atoms with E-state index in [1.807, 2.05) is 4.90 Å². The maximum absolute atomic E-state index is 14.3. The molecule has 8 nitrogen and oxygen atoms in total. The highest BCUT2D eigenvalue weighted by molar-refractivity contribution is 6.31. The van der Waals surface area contributed by atoms with Gasteiger partial charge < -0.3 is 14.6 Å². The van der Waals surface area contributed by atoms with Crippen molar-refractivity contribution in [2.24, 2.45) is 0 Å². The Kier molecular flexibility index (Phi) is 8.47. The molecule has 13 heteroatoms. The fourth-order valence-corrected chi connectivity index (χ4v) is 5.13. The van der Waals surface area contributed by atoms with Crippen molar-refractivity contribution in [3.63, 3.8) is 0 Å². The minimum absolute atomic E-state index is 0.0162. The number of aromatic amines is 1. The highest BCUT2D eigenvalue weighted by Gasteiger charge is 2.41. The van der Waals surface area contributed by atoms with Gasteiger partial charge in [-0.1, -0.05) is 35.9 Å². The third kappa shape index (κ3) is 6.69. The van der Waals surface area contributed by atoms with E-state index in [0.717, 1.165) is 5.69 Å². The summed E-state index contributed by atoms with van der Waals surface area (Å²) in [6, 6.07) is 16.2. The first kappa shape index (κ1) is 29.8. The molecule has 1 unspecified atom stereocenters. The number of carbonyl (C=O) groups is 2. The molecule has 0 spiro atoms. The summed E-state index contributed by atoms with van der Waals surface area (Å²) in [6.45, 7) is 0.627. The predicted octanol–water partition coefficient (Wildman–Crippen LogP) is 5.84. The molecule has 1 aliphatic heterocycles. The number of rotatable bonds is 7. The summed E-state index contributed by atoms with van der Waals surface area (Å²) in [7, 11) is 0. The Morgan fingerprint density at radius 1 is 1.14 bits per heavy atom. The number of carbonyl (C=O) groups excluding carboxylic acids is 2. The predicted molar refractivity (Wildman–Crippen MR) is 149 cm³/mol. The zero-order valence-corrected chi connectivity index (χ0v) is 23.0. The Labute approximate surface area is 248 Å². The number of piperazine rings is 1. The fraction of sp³-hybridized carbons (Fsp3) is 0.200. The standard InChI is InChI=1S/C30H22ClF4N5O3/c31-21-6-7-23(19-2-1-3-22(12-19)43-29(42)30(33,34)35)26(13-21)40-9-8-39(16-28(40)41)27(25-15-37-17-38-25)11-18-4-5-20(14-36)24(32)10-18/h1-7,10,12-13,15,17,27H,8-9,11,16H2,(H,37,38). The van der Waals surface area contributed by atoms with Gasteiger partial charge >= 0.3 is 12.1 Å². The van der Waals surface area contributed by atoms with Gasteiger partial charge in [0.05, 0.1) is 35.9 Å². The van der Waals surface area contributed by atoms with Gasteiger partial charge in [0.25, 0.3) is 0 Å². The number of amides is 1. The number of hydrogen-bond acceptors (Lipinski definition) is 6. The Hall–Kier alpha value is -4.73. The van der Waals surface area contributed by atoms with Crippen LogP contribution in [0.25, 0.3) is 11.1 Å². The zero-order valence-electron chi connectivity index (χ0n) is 22.2. The van der Waals surface area contributed by atoms with Crippen LogP contribution in [0.2, 0.25) is 5.02 Å². The van der Waals surface area contributed by atoms with Crippen LogP contribution in [0.15, 0.2) is 73.2 Å². The average Bonchev–Trinajstić information content (AvgIpc) is 3.50. The first-order valence-corrected chi connectivity index (χ1v) is 13.3. The maximum Gasteiger partial charge on any atom is 0.491 e. The van der Waals surface area contributed by atoms with Gasteiger partial charge in [-0.15, -0.1) is 0 Å². The lowest BCUT2D eigenvalue weighted by Gasteiger charge is -2.39. The first-order valence-electron chi connectivity index (χ1n) is 12.9. The number of halogens is 5. The number of H-pyrrole nitrogens is 1. The van der Waals surface area contributed by atoms with Crippen LogP contribution in [0.3, 0.4) is 0 Å². The SMILES string of the molecule is N#Cc1ccc(CC(c2cnc[nH]2)N2CCN(c3cc(Cl)ccc3-c3cccc(OC(=O)C(F)(F)F)c3)C(=O)C2)cc1F. The minimum atomic E-state index is -5.16. The van der Waals surface area contributed by atoms with Crippen molar-refractivity contribution in [1.82, 2.24) is 14.9 Å². The molecule has 2 heterocycles. The Balaban J connectivity index is 1.40. The smallest absolute Gasteiger partial charge is 0.420 e. The molecule has 4 aromatic rings. The van der Waals surface area contributed by atoms with Gasteiger partial charge in [-0.3, -0.25) is 9.69 Å². The zero-order chi connectivity index (χ0) is 30.7. The van der Waals surface area contributed by atoms with Crippen molar-refractivity contribution in [3.8, 4) is 22.9 Å². The second-order valence-corrected chi connectivity index (χ2v) is 10.2. The number of imidazole rings is 1. The van der Waals surface area contributed by atoms with E-state index in [9.17, 15) is 27.2 Å². The van der Waals surface area contributed by atoms with Crippen molar-refractivity contribution >= 4 is 29.2 Å². The van der Waals surface area contributed by atoms with E-state index in [1.54, 1.807) is 42.6 Å². The molecule has 1 aromatic heterocycles. The highest BCUT2D eigenvalue weighted by Crippen LogP contribution is 2.37. The van der Waals surface area contributed by atoms with Gasteiger partial charge in [-0.25, -0.2) is 14.2 Å². The topological polar surface area (TPSA) is 102 Å². The number of hydrogen-bond donors (Lipinski definition) is 1. The summed E-state index contributed by atoms with van der Waals surface area (Å²) in [5.41, 5.74) is 2.63. The molecule has 0 bridgehead atoms. The number of alkyl halides is 3. The summed E-state index contributed by atoms with van der Waals surface area (Å²) in [5.74, 6) is -3.55. The fourth-order valence-electron chi connectivity index (χ4n) is 4.96. The van der Waals surface area contributed by atoms with E-state index in [0.29, 0.717) is 40.4 Å². The molecular weight excluding hydrogens is 590 g/mol. The van der Waals surface area contributed by atoms with Crippen LogP contribution in [-0.4, -0.2) is 52.6 Å².